The van der Waals surface area contributed by atoms with E-state index in [-0.39, 0.29) is 21.3 Å². The summed E-state index contributed by atoms with van der Waals surface area (Å²) < 4.78 is 22.6. The van der Waals surface area contributed by atoms with Gasteiger partial charge in [0.2, 0.25) is 10.0 Å². The Bertz CT molecular complexity index is 540. The molecule has 3 N–H and O–H groups in total. The van der Waals surface area contributed by atoms with Gasteiger partial charge in [-0.3, -0.25) is 4.79 Å². The molecule has 0 radical (unpaired) electrons. The first-order valence-corrected chi connectivity index (χ1v) is 7.19. The second kappa shape index (κ2) is 5.16. The quantitative estimate of drug-likeness (QED) is 0.877. The molecule has 1 rings (SSSR count). The van der Waals surface area contributed by atoms with Gasteiger partial charge >= 0.3 is 0 Å². The van der Waals surface area contributed by atoms with Crippen LogP contribution >= 0.6 is 15.9 Å². The van der Waals surface area contributed by atoms with Gasteiger partial charge in [0.05, 0.1) is 4.90 Å². The molecule has 0 unspecified atom stereocenters. The van der Waals surface area contributed by atoms with Crippen molar-refractivity contribution in [3.8, 4) is 0 Å². The van der Waals surface area contributed by atoms with E-state index in [1.54, 1.807) is 0 Å². The fraction of sp³-hybridized carbons (Fsp3) is 0.300. The van der Waals surface area contributed by atoms with Crippen molar-refractivity contribution in [2.75, 3.05) is 0 Å². The lowest BCUT2D eigenvalue weighted by Gasteiger charge is -2.09. The van der Waals surface area contributed by atoms with E-state index < -0.39 is 10.0 Å². The topological polar surface area (TPSA) is 89.3 Å². The van der Waals surface area contributed by atoms with Crippen LogP contribution in [0.15, 0.2) is 27.6 Å². The Balaban J connectivity index is 3.09. The zero-order valence-corrected chi connectivity index (χ0v) is 11.8. The van der Waals surface area contributed by atoms with Crippen molar-refractivity contribution in [3.63, 3.8) is 0 Å². The highest BCUT2D eigenvalue weighted by atomic mass is 79.9. The van der Waals surface area contributed by atoms with Crippen molar-refractivity contribution in [3.05, 3.63) is 28.2 Å². The summed E-state index contributed by atoms with van der Waals surface area (Å²) in [6.45, 7) is 3.68. The molecule has 0 saturated carbocycles. The van der Waals surface area contributed by atoms with Crippen molar-refractivity contribution >= 4 is 31.9 Å². The zero-order chi connectivity index (χ0) is 13.2. The number of carbonyl (C=O) groups excluding carboxylic acids is 1. The van der Waals surface area contributed by atoms with Crippen molar-refractivity contribution < 1.29 is 13.2 Å². The number of nitrogens with one attached hydrogen (secondary N) is 1. The molecule has 0 bridgehead atoms. The van der Waals surface area contributed by atoms with E-state index in [1.165, 1.54) is 18.2 Å². The van der Waals surface area contributed by atoms with Gasteiger partial charge in [0.1, 0.15) is 0 Å². The maximum atomic E-state index is 11.7. The average Bonchev–Trinajstić information content (AvgIpc) is 2.14. The molecule has 0 aliphatic rings. The fourth-order valence-electron chi connectivity index (χ4n) is 1.22. The third-order valence-electron chi connectivity index (χ3n) is 1.92. The second-order valence-electron chi connectivity index (χ2n) is 3.82. The normalized spacial score (nSPS) is 11.6. The standard InChI is InChI=1S/C10H13BrN2O3S/c1-6(2)13-10(14)7-3-4-9(8(11)5-7)17(12,15)16/h3-6H,1-2H3,(H,13,14)(H2,12,15,16). The van der Waals surface area contributed by atoms with Gasteiger partial charge in [-0.2, -0.15) is 0 Å². The minimum atomic E-state index is -3.78. The first-order valence-electron chi connectivity index (χ1n) is 4.85. The lowest BCUT2D eigenvalue weighted by atomic mass is 10.2. The van der Waals surface area contributed by atoms with Gasteiger partial charge in [0.15, 0.2) is 0 Å². The Morgan fingerprint density at radius 2 is 2.00 bits per heavy atom. The van der Waals surface area contributed by atoms with Crippen LogP contribution in [0.2, 0.25) is 0 Å². The van der Waals surface area contributed by atoms with Crippen LogP contribution in [-0.2, 0) is 10.0 Å². The number of hydrogen-bond donors (Lipinski definition) is 2. The summed E-state index contributed by atoms with van der Waals surface area (Å²) in [5.74, 6) is -0.262. The highest BCUT2D eigenvalue weighted by molar-refractivity contribution is 9.10. The van der Waals surface area contributed by atoms with Gasteiger partial charge in [-0.05, 0) is 48.0 Å². The molecule has 1 amide bonds. The summed E-state index contributed by atoms with van der Waals surface area (Å²) in [4.78, 5) is 11.6. The van der Waals surface area contributed by atoms with Crippen molar-refractivity contribution in [1.82, 2.24) is 5.32 Å². The predicted molar refractivity (Wildman–Crippen MR) is 68.1 cm³/mol. The number of hydrogen-bond acceptors (Lipinski definition) is 3. The SMILES string of the molecule is CC(C)NC(=O)c1ccc(S(N)(=O)=O)c(Br)c1. The number of amides is 1. The number of primary sulfonamides is 1. The molecule has 5 nitrogen and oxygen atoms in total. The first-order chi connectivity index (χ1) is 7.71. The molecule has 0 atom stereocenters. The number of carbonyl (C=O) groups is 1. The lowest BCUT2D eigenvalue weighted by molar-refractivity contribution is 0.0943. The van der Waals surface area contributed by atoms with Crippen molar-refractivity contribution in [2.45, 2.75) is 24.8 Å². The maximum absolute atomic E-state index is 11.7. The Labute approximate surface area is 109 Å². The Morgan fingerprint density at radius 3 is 2.41 bits per heavy atom. The van der Waals surface area contributed by atoms with Crippen LogP contribution in [0.3, 0.4) is 0 Å². The van der Waals surface area contributed by atoms with Crippen LogP contribution in [0.25, 0.3) is 0 Å². The molecular formula is C10H13BrN2O3S. The van der Waals surface area contributed by atoms with Gasteiger partial charge in [0, 0.05) is 16.1 Å². The molecule has 1 aromatic carbocycles. The third kappa shape index (κ3) is 3.79. The molecule has 0 aliphatic heterocycles. The van der Waals surface area contributed by atoms with Gasteiger partial charge < -0.3 is 5.32 Å². The van der Waals surface area contributed by atoms with E-state index in [9.17, 15) is 13.2 Å². The molecule has 17 heavy (non-hydrogen) atoms. The highest BCUT2D eigenvalue weighted by Gasteiger charge is 2.15. The summed E-state index contributed by atoms with van der Waals surface area (Å²) >= 11 is 3.08. The van der Waals surface area contributed by atoms with Crippen LogP contribution in [0.1, 0.15) is 24.2 Å². The molecule has 0 aliphatic carbocycles. The molecule has 0 heterocycles. The summed E-state index contributed by atoms with van der Waals surface area (Å²) in [6.07, 6.45) is 0. The molecule has 0 saturated heterocycles. The molecule has 7 heteroatoms. The number of benzene rings is 1. The van der Waals surface area contributed by atoms with E-state index in [2.05, 4.69) is 21.2 Å². The van der Waals surface area contributed by atoms with Gasteiger partial charge in [-0.25, -0.2) is 13.6 Å². The Kier molecular flexibility index (Phi) is 4.29. The molecule has 94 valence electrons. The third-order valence-corrected chi connectivity index (χ3v) is 3.81. The predicted octanol–water partition coefficient (Wildman–Crippen LogP) is 1.23. The van der Waals surface area contributed by atoms with Gasteiger partial charge in [-0.1, -0.05) is 0 Å². The number of rotatable bonds is 3. The van der Waals surface area contributed by atoms with E-state index in [1.807, 2.05) is 13.8 Å². The number of nitrogens with two attached hydrogens (primary N) is 1. The monoisotopic (exact) mass is 320 g/mol. The smallest absolute Gasteiger partial charge is 0.251 e. The van der Waals surface area contributed by atoms with Crippen LogP contribution in [0, 0.1) is 0 Å². The highest BCUT2D eigenvalue weighted by Crippen LogP contribution is 2.22. The zero-order valence-electron chi connectivity index (χ0n) is 9.40. The van der Waals surface area contributed by atoms with Crippen LogP contribution < -0.4 is 10.5 Å². The Hall–Kier alpha value is -0.920. The van der Waals surface area contributed by atoms with E-state index >= 15 is 0 Å². The van der Waals surface area contributed by atoms with Crippen LogP contribution in [-0.4, -0.2) is 20.4 Å². The second-order valence-corrected chi connectivity index (χ2v) is 6.20. The van der Waals surface area contributed by atoms with Crippen LogP contribution in [0.5, 0.6) is 0 Å². The molecule has 1 aromatic rings. The van der Waals surface area contributed by atoms with Gasteiger partial charge in [-0.15, -0.1) is 0 Å². The molecule has 0 fully saturated rings. The fourth-order valence-corrected chi connectivity index (χ4v) is 2.86. The number of sulfonamides is 1. The summed E-state index contributed by atoms with van der Waals surface area (Å²) in [7, 11) is -3.78. The lowest BCUT2D eigenvalue weighted by Crippen LogP contribution is -2.30. The maximum Gasteiger partial charge on any atom is 0.251 e. The van der Waals surface area contributed by atoms with Crippen molar-refractivity contribution in [1.29, 1.82) is 0 Å². The minimum absolute atomic E-state index is 0.0131. The largest absolute Gasteiger partial charge is 0.350 e. The summed E-state index contributed by atoms with van der Waals surface area (Å²) in [5.41, 5.74) is 0.373. The average molecular weight is 321 g/mol. The van der Waals surface area contributed by atoms with E-state index in [0.29, 0.717) is 5.56 Å². The molecular weight excluding hydrogens is 308 g/mol. The minimum Gasteiger partial charge on any atom is -0.350 e. The Morgan fingerprint density at radius 1 is 1.41 bits per heavy atom. The van der Waals surface area contributed by atoms with Crippen molar-refractivity contribution in [2.24, 2.45) is 5.14 Å². The van der Waals surface area contributed by atoms with E-state index in [4.69, 9.17) is 5.14 Å². The summed E-state index contributed by atoms with van der Waals surface area (Å²) in [6, 6.07) is 4.16. The molecule has 0 spiro atoms. The van der Waals surface area contributed by atoms with Crippen LogP contribution in [0.4, 0.5) is 0 Å². The van der Waals surface area contributed by atoms with E-state index in [0.717, 1.165) is 0 Å². The van der Waals surface area contributed by atoms with Gasteiger partial charge in [0.25, 0.3) is 5.91 Å². The number of halogens is 1. The summed E-state index contributed by atoms with van der Waals surface area (Å²) in [5, 5.41) is 7.71. The first kappa shape index (κ1) is 14.1. The molecule has 0 aromatic heterocycles.